The van der Waals surface area contributed by atoms with E-state index < -0.39 is 0 Å². The van der Waals surface area contributed by atoms with Crippen LogP contribution in [-0.2, 0) is 19.5 Å². The van der Waals surface area contributed by atoms with Crippen LogP contribution in [0.25, 0.3) is 0 Å². The van der Waals surface area contributed by atoms with Crippen molar-refractivity contribution >= 4 is 11.8 Å². The molecule has 8 heteroatoms. The number of hydrogen-bond donors (Lipinski definition) is 1. The molecule has 8 nitrogen and oxygen atoms in total. The summed E-state index contributed by atoms with van der Waals surface area (Å²) in [6, 6.07) is 8.00. The lowest BCUT2D eigenvalue weighted by Gasteiger charge is -2.30. The molecule has 0 radical (unpaired) electrons. The van der Waals surface area contributed by atoms with Crippen LogP contribution >= 0.6 is 0 Å². The molecule has 0 bridgehead atoms. The Labute approximate surface area is 163 Å². The third kappa shape index (κ3) is 3.80. The number of anilines is 2. The molecule has 0 atom stereocenters. The van der Waals surface area contributed by atoms with Gasteiger partial charge >= 0.3 is 0 Å². The van der Waals surface area contributed by atoms with Gasteiger partial charge in [-0.1, -0.05) is 6.07 Å². The Bertz CT molecular complexity index is 951. The largest absolute Gasteiger partial charge is 0.493 e. The molecule has 1 aliphatic heterocycles. The van der Waals surface area contributed by atoms with Crippen LogP contribution in [0, 0.1) is 0 Å². The van der Waals surface area contributed by atoms with Gasteiger partial charge in [-0.3, -0.25) is 4.98 Å². The summed E-state index contributed by atoms with van der Waals surface area (Å²) in [5.74, 6) is 2.80. The summed E-state index contributed by atoms with van der Waals surface area (Å²) < 4.78 is 10.9. The quantitative estimate of drug-likeness (QED) is 0.700. The first kappa shape index (κ1) is 18.0. The number of hydrogen-bond acceptors (Lipinski definition) is 8. The lowest BCUT2D eigenvalue weighted by atomic mass is 9.99. The van der Waals surface area contributed by atoms with E-state index in [1.165, 1.54) is 11.1 Å². The number of rotatable bonds is 6. The highest BCUT2D eigenvalue weighted by atomic mass is 16.5. The maximum atomic E-state index is 5.44. The minimum absolute atomic E-state index is 0.500. The third-order valence-electron chi connectivity index (χ3n) is 4.76. The number of ether oxygens (including phenoxy) is 2. The highest BCUT2D eigenvalue weighted by molar-refractivity contribution is 5.52. The molecule has 2 aromatic heterocycles. The molecule has 3 aromatic rings. The minimum Gasteiger partial charge on any atom is -0.493 e. The molecule has 4 rings (SSSR count). The van der Waals surface area contributed by atoms with Crippen molar-refractivity contribution in [2.45, 2.75) is 19.5 Å². The first-order chi connectivity index (χ1) is 13.8. The lowest BCUT2D eigenvalue weighted by Crippen LogP contribution is -2.31. The zero-order chi connectivity index (χ0) is 19.3. The molecule has 3 heterocycles. The van der Waals surface area contributed by atoms with Gasteiger partial charge in [0, 0.05) is 32.0 Å². The fourth-order valence-corrected chi connectivity index (χ4v) is 3.28. The average molecular weight is 378 g/mol. The standard InChI is InChI=1S/C20H22N6O2/c1-27-17-8-15-5-7-26(13-16(15)9-18(17)28-2)19-12-23-25-20(24-19)22-11-14-4-3-6-21-10-14/h3-4,6,8-10,12H,5,7,11,13H2,1-2H3,(H,22,24,25). The zero-order valence-electron chi connectivity index (χ0n) is 15.9. The van der Waals surface area contributed by atoms with Crippen molar-refractivity contribution < 1.29 is 9.47 Å². The first-order valence-electron chi connectivity index (χ1n) is 9.08. The normalized spacial score (nSPS) is 13.0. The number of benzene rings is 1. The van der Waals surface area contributed by atoms with E-state index in [0.717, 1.165) is 42.4 Å². The smallest absolute Gasteiger partial charge is 0.244 e. The van der Waals surface area contributed by atoms with Gasteiger partial charge in [-0.25, -0.2) is 0 Å². The van der Waals surface area contributed by atoms with Crippen LogP contribution in [0.15, 0.2) is 42.9 Å². The van der Waals surface area contributed by atoms with Gasteiger partial charge < -0.3 is 19.7 Å². The molecule has 144 valence electrons. The van der Waals surface area contributed by atoms with Crippen molar-refractivity contribution in [1.29, 1.82) is 0 Å². The van der Waals surface area contributed by atoms with Gasteiger partial charge in [-0.2, -0.15) is 10.1 Å². The minimum atomic E-state index is 0.500. The topological polar surface area (TPSA) is 85.3 Å². The lowest BCUT2D eigenvalue weighted by molar-refractivity contribution is 0.353. The maximum Gasteiger partial charge on any atom is 0.244 e. The molecular weight excluding hydrogens is 356 g/mol. The summed E-state index contributed by atoms with van der Waals surface area (Å²) in [7, 11) is 3.31. The van der Waals surface area contributed by atoms with Crippen molar-refractivity contribution in [1.82, 2.24) is 20.2 Å². The first-order valence-corrected chi connectivity index (χ1v) is 9.08. The molecule has 1 aliphatic rings. The molecule has 0 aliphatic carbocycles. The molecule has 0 saturated carbocycles. The summed E-state index contributed by atoms with van der Waals surface area (Å²) in [5, 5.41) is 11.4. The second kappa shape index (κ2) is 8.08. The molecule has 1 N–H and O–H groups in total. The van der Waals surface area contributed by atoms with Crippen LogP contribution in [0.2, 0.25) is 0 Å². The van der Waals surface area contributed by atoms with Crippen LogP contribution in [0.3, 0.4) is 0 Å². The third-order valence-corrected chi connectivity index (χ3v) is 4.76. The number of aromatic nitrogens is 4. The van der Waals surface area contributed by atoms with E-state index in [4.69, 9.17) is 9.47 Å². The molecule has 0 fully saturated rings. The van der Waals surface area contributed by atoms with Crippen molar-refractivity contribution in [2.24, 2.45) is 0 Å². The maximum absolute atomic E-state index is 5.44. The van der Waals surface area contributed by atoms with Gasteiger partial charge in [0.15, 0.2) is 17.3 Å². The van der Waals surface area contributed by atoms with E-state index >= 15 is 0 Å². The Morgan fingerprint density at radius 3 is 2.68 bits per heavy atom. The number of methoxy groups -OCH3 is 2. The van der Waals surface area contributed by atoms with Crippen LogP contribution in [0.1, 0.15) is 16.7 Å². The zero-order valence-corrected chi connectivity index (χ0v) is 15.9. The second-order valence-electron chi connectivity index (χ2n) is 6.50. The van der Waals surface area contributed by atoms with Gasteiger partial charge in [0.2, 0.25) is 5.95 Å². The summed E-state index contributed by atoms with van der Waals surface area (Å²) in [6.07, 6.45) is 6.16. The molecule has 0 amide bonds. The van der Waals surface area contributed by atoms with E-state index in [1.807, 2.05) is 24.4 Å². The fraction of sp³-hybridized carbons (Fsp3) is 0.300. The van der Waals surface area contributed by atoms with Gasteiger partial charge in [0.25, 0.3) is 0 Å². The van der Waals surface area contributed by atoms with E-state index in [1.54, 1.807) is 26.6 Å². The van der Waals surface area contributed by atoms with E-state index in [-0.39, 0.29) is 0 Å². The molecule has 1 aromatic carbocycles. The average Bonchev–Trinajstić information content (AvgIpc) is 2.77. The van der Waals surface area contributed by atoms with Crippen molar-refractivity contribution in [3.05, 3.63) is 59.5 Å². The highest BCUT2D eigenvalue weighted by Crippen LogP contribution is 2.34. The SMILES string of the molecule is COc1cc2c(cc1OC)CN(c1cnnc(NCc3cccnc3)n1)CC2. The van der Waals surface area contributed by atoms with Crippen molar-refractivity contribution in [2.75, 3.05) is 31.0 Å². The Morgan fingerprint density at radius 2 is 1.93 bits per heavy atom. The van der Waals surface area contributed by atoms with Crippen LogP contribution in [0.4, 0.5) is 11.8 Å². The van der Waals surface area contributed by atoms with E-state index in [0.29, 0.717) is 12.5 Å². The molecular formula is C20H22N6O2. The monoisotopic (exact) mass is 378 g/mol. The van der Waals surface area contributed by atoms with Crippen LogP contribution < -0.4 is 19.7 Å². The van der Waals surface area contributed by atoms with Gasteiger partial charge in [-0.05, 0) is 41.3 Å². The number of nitrogens with one attached hydrogen (secondary N) is 1. The number of fused-ring (bicyclic) bond motifs is 1. The van der Waals surface area contributed by atoms with Crippen LogP contribution in [0.5, 0.6) is 11.5 Å². The van der Waals surface area contributed by atoms with E-state index in [2.05, 4.69) is 36.4 Å². The van der Waals surface area contributed by atoms with Crippen molar-refractivity contribution in [3.63, 3.8) is 0 Å². The fourth-order valence-electron chi connectivity index (χ4n) is 3.28. The van der Waals surface area contributed by atoms with Gasteiger partial charge in [0.1, 0.15) is 0 Å². The predicted molar refractivity (Wildman–Crippen MR) is 106 cm³/mol. The van der Waals surface area contributed by atoms with Crippen LogP contribution in [-0.4, -0.2) is 40.9 Å². The summed E-state index contributed by atoms with van der Waals surface area (Å²) >= 11 is 0. The molecule has 0 spiro atoms. The molecule has 28 heavy (non-hydrogen) atoms. The molecule has 0 unspecified atom stereocenters. The number of nitrogens with zero attached hydrogens (tertiary/aromatic N) is 5. The van der Waals surface area contributed by atoms with Gasteiger partial charge in [0.05, 0.1) is 20.4 Å². The highest BCUT2D eigenvalue weighted by Gasteiger charge is 2.21. The Morgan fingerprint density at radius 1 is 1.11 bits per heavy atom. The predicted octanol–water partition coefficient (Wildman–Crippen LogP) is 2.46. The van der Waals surface area contributed by atoms with Crippen molar-refractivity contribution in [3.8, 4) is 11.5 Å². The van der Waals surface area contributed by atoms with E-state index in [9.17, 15) is 0 Å². The number of pyridine rings is 1. The van der Waals surface area contributed by atoms with Gasteiger partial charge in [-0.15, -0.1) is 5.10 Å². The summed E-state index contributed by atoms with van der Waals surface area (Å²) in [4.78, 5) is 10.9. The Kier molecular flexibility index (Phi) is 5.18. The summed E-state index contributed by atoms with van der Waals surface area (Å²) in [5.41, 5.74) is 3.53. The molecule has 0 saturated heterocycles. The Hall–Kier alpha value is -3.42. The second-order valence-corrected chi connectivity index (χ2v) is 6.50. The Balaban J connectivity index is 1.49. The summed E-state index contributed by atoms with van der Waals surface area (Å²) in [6.45, 7) is 2.18.